The minimum Gasteiger partial charge on any atom is -0.402 e. The maximum absolute atomic E-state index is 11.2. The van der Waals surface area contributed by atoms with Crippen molar-refractivity contribution in [3.05, 3.63) is 44.8 Å². The largest absolute Gasteiger partial charge is 0.402 e. The van der Waals surface area contributed by atoms with E-state index in [1.54, 1.807) is 6.07 Å². The number of nitrogens with two attached hydrogens (primary N) is 1. The van der Waals surface area contributed by atoms with E-state index >= 15 is 0 Å². The SMILES string of the molecule is C/C=c1/ccc(=O)[nH]/c1=C/C=C(\N)CC(C)C. The Morgan fingerprint density at radius 3 is 2.76 bits per heavy atom. The Kier molecular flexibility index (Phi) is 4.76. The van der Waals surface area contributed by atoms with E-state index < -0.39 is 0 Å². The molecule has 92 valence electrons. The Morgan fingerprint density at radius 2 is 2.18 bits per heavy atom. The molecule has 1 aromatic rings. The second-order valence-corrected chi connectivity index (χ2v) is 4.49. The van der Waals surface area contributed by atoms with E-state index in [-0.39, 0.29) is 5.56 Å². The molecule has 0 saturated carbocycles. The van der Waals surface area contributed by atoms with Crippen LogP contribution >= 0.6 is 0 Å². The van der Waals surface area contributed by atoms with Gasteiger partial charge < -0.3 is 10.7 Å². The van der Waals surface area contributed by atoms with Crippen LogP contribution in [-0.4, -0.2) is 4.98 Å². The minimum atomic E-state index is -0.0994. The highest BCUT2D eigenvalue weighted by atomic mass is 16.1. The summed E-state index contributed by atoms with van der Waals surface area (Å²) >= 11 is 0. The van der Waals surface area contributed by atoms with E-state index in [9.17, 15) is 4.79 Å². The molecule has 0 unspecified atom stereocenters. The van der Waals surface area contributed by atoms with E-state index in [0.29, 0.717) is 5.92 Å². The lowest BCUT2D eigenvalue weighted by Crippen LogP contribution is -2.33. The third-order valence-corrected chi connectivity index (χ3v) is 2.40. The van der Waals surface area contributed by atoms with Crippen molar-refractivity contribution in [2.45, 2.75) is 27.2 Å². The van der Waals surface area contributed by atoms with E-state index in [2.05, 4.69) is 18.8 Å². The van der Waals surface area contributed by atoms with Gasteiger partial charge >= 0.3 is 0 Å². The minimum absolute atomic E-state index is 0.0994. The first-order valence-electron chi connectivity index (χ1n) is 5.85. The molecule has 0 fully saturated rings. The molecule has 1 heterocycles. The molecule has 0 aliphatic carbocycles. The number of hydrogen-bond acceptors (Lipinski definition) is 2. The summed E-state index contributed by atoms with van der Waals surface area (Å²) in [6.07, 6.45) is 6.53. The number of aromatic nitrogens is 1. The lowest BCUT2D eigenvalue weighted by atomic mass is 10.1. The van der Waals surface area contributed by atoms with Gasteiger partial charge in [-0.3, -0.25) is 4.79 Å². The molecule has 17 heavy (non-hydrogen) atoms. The molecule has 0 spiro atoms. The molecule has 0 saturated heterocycles. The summed E-state index contributed by atoms with van der Waals surface area (Å²) in [5.41, 5.74) is 6.61. The number of hydrogen-bond donors (Lipinski definition) is 2. The molecule has 0 aromatic carbocycles. The van der Waals surface area contributed by atoms with Crippen LogP contribution < -0.4 is 21.9 Å². The fourth-order valence-corrected chi connectivity index (χ4v) is 1.62. The van der Waals surface area contributed by atoms with Crippen molar-refractivity contribution in [3.8, 4) is 0 Å². The molecule has 0 amide bonds. The molecule has 3 nitrogen and oxygen atoms in total. The van der Waals surface area contributed by atoms with Crippen molar-refractivity contribution >= 4 is 12.2 Å². The number of aromatic amines is 1. The topological polar surface area (TPSA) is 58.9 Å². The molecule has 0 radical (unpaired) electrons. The second kappa shape index (κ2) is 6.09. The highest BCUT2D eigenvalue weighted by molar-refractivity contribution is 5.38. The van der Waals surface area contributed by atoms with Gasteiger partial charge in [0.25, 0.3) is 0 Å². The van der Waals surface area contributed by atoms with Crippen LogP contribution in [0.2, 0.25) is 0 Å². The zero-order valence-corrected chi connectivity index (χ0v) is 10.7. The Labute approximate surface area is 101 Å². The molecule has 3 N–H and O–H groups in total. The Hall–Kier alpha value is -1.77. The molecular formula is C14H20N2O. The van der Waals surface area contributed by atoms with Gasteiger partial charge in [-0.05, 0) is 42.7 Å². The summed E-state index contributed by atoms with van der Waals surface area (Å²) in [5, 5.41) is 1.80. The lowest BCUT2D eigenvalue weighted by Gasteiger charge is -2.02. The molecule has 0 bridgehead atoms. The van der Waals surface area contributed by atoms with E-state index in [1.165, 1.54) is 6.07 Å². The highest BCUT2D eigenvalue weighted by Crippen LogP contribution is 2.04. The standard InChI is InChI=1S/C14H20N2O/c1-4-11-5-8-14(17)16-13(11)7-6-12(15)9-10(2)3/h4-8,10H,9,15H2,1-3H3,(H,16,17)/b11-4-,12-6-,13-7+. The van der Waals surface area contributed by atoms with Crippen LogP contribution in [0.25, 0.3) is 12.2 Å². The van der Waals surface area contributed by atoms with Crippen LogP contribution in [0.1, 0.15) is 27.2 Å². The van der Waals surface area contributed by atoms with Crippen LogP contribution in [0, 0.1) is 5.92 Å². The summed E-state index contributed by atoms with van der Waals surface area (Å²) in [4.78, 5) is 14.0. The summed E-state index contributed by atoms with van der Waals surface area (Å²) in [5.74, 6) is 0.534. The van der Waals surface area contributed by atoms with Gasteiger partial charge in [-0.1, -0.05) is 19.9 Å². The highest BCUT2D eigenvalue weighted by Gasteiger charge is 1.94. The van der Waals surface area contributed by atoms with Gasteiger partial charge in [-0.2, -0.15) is 0 Å². The van der Waals surface area contributed by atoms with Gasteiger partial charge in [-0.25, -0.2) is 0 Å². The van der Waals surface area contributed by atoms with Crippen LogP contribution in [0.4, 0.5) is 0 Å². The first-order chi connectivity index (χ1) is 8.02. The maximum Gasteiger partial charge on any atom is 0.248 e. The molecule has 0 aliphatic heterocycles. The van der Waals surface area contributed by atoms with Gasteiger partial charge in [0.2, 0.25) is 5.56 Å². The smallest absolute Gasteiger partial charge is 0.248 e. The quantitative estimate of drug-likeness (QED) is 0.811. The molecular weight excluding hydrogens is 212 g/mol. The van der Waals surface area contributed by atoms with Gasteiger partial charge in [0.1, 0.15) is 0 Å². The zero-order chi connectivity index (χ0) is 12.8. The van der Waals surface area contributed by atoms with Crippen LogP contribution in [0.5, 0.6) is 0 Å². The fourth-order valence-electron chi connectivity index (χ4n) is 1.62. The van der Waals surface area contributed by atoms with Crippen LogP contribution in [-0.2, 0) is 0 Å². The monoisotopic (exact) mass is 232 g/mol. The lowest BCUT2D eigenvalue weighted by molar-refractivity contribution is 0.638. The van der Waals surface area contributed by atoms with Gasteiger partial charge in [-0.15, -0.1) is 0 Å². The summed E-state index contributed by atoms with van der Waals surface area (Å²) < 4.78 is 0. The van der Waals surface area contributed by atoms with Crippen LogP contribution in [0.15, 0.2) is 28.7 Å². The van der Waals surface area contributed by atoms with Crippen LogP contribution in [0.3, 0.4) is 0 Å². The van der Waals surface area contributed by atoms with Crippen molar-refractivity contribution in [2.75, 3.05) is 0 Å². The second-order valence-electron chi connectivity index (χ2n) is 4.49. The Morgan fingerprint density at radius 1 is 1.47 bits per heavy atom. The Balaban J connectivity index is 3.16. The van der Waals surface area contributed by atoms with Crippen molar-refractivity contribution in [2.24, 2.45) is 11.7 Å². The number of nitrogens with one attached hydrogen (secondary N) is 1. The predicted octanol–water partition coefficient (Wildman–Crippen LogP) is 0.844. The Bertz CT molecular complexity index is 565. The first-order valence-corrected chi connectivity index (χ1v) is 5.85. The summed E-state index contributed by atoms with van der Waals surface area (Å²) in [6.45, 7) is 6.18. The summed E-state index contributed by atoms with van der Waals surface area (Å²) in [6, 6.07) is 3.32. The first kappa shape index (κ1) is 13.3. The zero-order valence-electron chi connectivity index (χ0n) is 10.7. The average molecular weight is 232 g/mol. The van der Waals surface area contributed by atoms with Crippen molar-refractivity contribution in [1.82, 2.24) is 4.98 Å². The fraction of sp³-hybridized carbons (Fsp3) is 0.357. The third kappa shape index (κ3) is 4.31. The van der Waals surface area contributed by atoms with Crippen molar-refractivity contribution in [1.29, 1.82) is 0 Å². The van der Waals surface area contributed by atoms with Gasteiger partial charge in [0, 0.05) is 17.1 Å². The van der Waals surface area contributed by atoms with E-state index in [1.807, 2.05) is 25.2 Å². The normalized spacial score (nSPS) is 14.7. The van der Waals surface area contributed by atoms with Crippen molar-refractivity contribution < 1.29 is 0 Å². The van der Waals surface area contributed by atoms with E-state index in [0.717, 1.165) is 22.7 Å². The summed E-state index contributed by atoms with van der Waals surface area (Å²) in [7, 11) is 0. The van der Waals surface area contributed by atoms with Gasteiger partial charge in [0.15, 0.2) is 0 Å². The van der Waals surface area contributed by atoms with Crippen molar-refractivity contribution in [3.63, 3.8) is 0 Å². The molecule has 1 aromatic heterocycles. The maximum atomic E-state index is 11.2. The molecule has 0 atom stereocenters. The number of pyridine rings is 1. The molecule has 1 rings (SSSR count). The molecule has 0 aliphatic rings. The third-order valence-electron chi connectivity index (χ3n) is 2.40. The number of rotatable bonds is 3. The van der Waals surface area contributed by atoms with E-state index in [4.69, 9.17) is 5.73 Å². The molecule has 3 heteroatoms. The average Bonchev–Trinajstić information content (AvgIpc) is 2.25. The van der Waals surface area contributed by atoms with Gasteiger partial charge in [0.05, 0.1) is 0 Å². The number of allylic oxidation sites excluding steroid dienone is 2. The number of H-pyrrole nitrogens is 1. The predicted molar refractivity (Wildman–Crippen MR) is 72.6 cm³/mol.